The summed E-state index contributed by atoms with van der Waals surface area (Å²) in [5, 5.41) is 22.5. The summed E-state index contributed by atoms with van der Waals surface area (Å²) in [6, 6.07) is 9.22. The summed E-state index contributed by atoms with van der Waals surface area (Å²) < 4.78 is 25.8. The third kappa shape index (κ3) is 3.30. The first-order valence-electron chi connectivity index (χ1n) is 5.87. The Morgan fingerprint density at radius 1 is 1.19 bits per heavy atom. The van der Waals surface area contributed by atoms with Crippen LogP contribution in [0.1, 0.15) is 11.1 Å². The first kappa shape index (κ1) is 14.4. The number of nitro groups is 1. The Kier molecular flexibility index (Phi) is 4.09. The average molecular weight is 289 g/mol. The summed E-state index contributed by atoms with van der Waals surface area (Å²) in [5.41, 5.74) is 0.624. The molecule has 2 rings (SSSR count). The quantitative estimate of drug-likeness (QED) is 0.691. The predicted octanol–water partition coefficient (Wildman–Crippen LogP) is 3.36. The van der Waals surface area contributed by atoms with Crippen LogP contribution < -0.4 is 5.32 Å². The number of hydrogen-bond acceptors (Lipinski definition) is 4. The Morgan fingerprint density at radius 3 is 2.57 bits per heavy atom. The maximum absolute atomic E-state index is 13.0. The first-order valence-corrected chi connectivity index (χ1v) is 5.87. The minimum Gasteiger partial charge on any atom is -0.381 e. The Labute approximate surface area is 118 Å². The van der Waals surface area contributed by atoms with Crippen molar-refractivity contribution in [2.45, 2.75) is 6.54 Å². The molecule has 0 radical (unpaired) electrons. The second-order valence-corrected chi connectivity index (χ2v) is 4.20. The molecule has 1 N–H and O–H groups in total. The van der Waals surface area contributed by atoms with Crippen LogP contribution in [0.5, 0.6) is 0 Å². The Morgan fingerprint density at radius 2 is 1.95 bits per heavy atom. The summed E-state index contributed by atoms with van der Waals surface area (Å²) >= 11 is 0. The zero-order valence-corrected chi connectivity index (χ0v) is 10.6. The number of nitro benzene ring substituents is 1. The second-order valence-electron chi connectivity index (χ2n) is 4.20. The van der Waals surface area contributed by atoms with Gasteiger partial charge >= 0.3 is 0 Å². The molecule has 5 nitrogen and oxygen atoms in total. The van der Waals surface area contributed by atoms with Gasteiger partial charge in [-0.15, -0.1) is 0 Å². The Balaban J connectivity index is 2.15. The lowest BCUT2D eigenvalue weighted by Gasteiger charge is -2.07. The topological polar surface area (TPSA) is 79.0 Å². The molecule has 0 saturated heterocycles. The fourth-order valence-corrected chi connectivity index (χ4v) is 1.75. The number of hydrogen-bond donors (Lipinski definition) is 1. The zero-order valence-electron chi connectivity index (χ0n) is 10.6. The SMILES string of the molecule is N#Cc1cc(NCc2ccc(F)c(F)c2)ccc1[N+](=O)[O-]. The van der Waals surface area contributed by atoms with Crippen molar-refractivity contribution in [2.24, 2.45) is 0 Å². The van der Waals surface area contributed by atoms with Gasteiger partial charge in [0, 0.05) is 18.3 Å². The highest BCUT2D eigenvalue weighted by molar-refractivity contribution is 5.58. The molecule has 21 heavy (non-hydrogen) atoms. The van der Waals surface area contributed by atoms with Gasteiger partial charge < -0.3 is 5.32 Å². The van der Waals surface area contributed by atoms with Crippen molar-refractivity contribution in [2.75, 3.05) is 5.32 Å². The Bertz CT molecular complexity index is 741. The molecule has 0 aliphatic heterocycles. The van der Waals surface area contributed by atoms with Gasteiger partial charge in [-0.05, 0) is 29.8 Å². The molecule has 0 heterocycles. The maximum Gasteiger partial charge on any atom is 0.287 e. The van der Waals surface area contributed by atoms with E-state index in [0.717, 1.165) is 12.1 Å². The average Bonchev–Trinajstić information content (AvgIpc) is 2.48. The maximum atomic E-state index is 13.0. The molecule has 7 heteroatoms. The summed E-state index contributed by atoms with van der Waals surface area (Å²) in [6.07, 6.45) is 0. The number of benzene rings is 2. The molecule has 2 aromatic rings. The van der Waals surface area contributed by atoms with Crippen LogP contribution in [0, 0.1) is 33.1 Å². The largest absolute Gasteiger partial charge is 0.381 e. The number of nitriles is 1. The lowest BCUT2D eigenvalue weighted by atomic mass is 10.1. The zero-order chi connectivity index (χ0) is 15.4. The lowest BCUT2D eigenvalue weighted by Crippen LogP contribution is -2.01. The molecule has 106 valence electrons. The summed E-state index contributed by atoms with van der Waals surface area (Å²) in [4.78, 5) is 10.1. The minimum absolute atomic E-state index is 0.0738. The van der Waals surface area contributed by atoms with Crippen molar-refractivity contribution in [3.05, 3.63) is 69.3 Å². The van der Waals surface area contributed by atoms with Gasteiger partial charge in [-0.3, -0.25) is 10.1 Å². The van der Waals surface area contributed by atoms with Gasteiger partial charge in [-0.1, -0.05) is 6.07 Å². The van der Waals surface area contributed by atoms with Gasteiger partial charge in [-0.25, -0.2) is 8.78 Å². The lowest BCUT2D eigenvalue weighted by molar-refractivity contribution is -0.385. The number of rotatable bonds is 4. The summed E-state index contributed by atoms with van der Waals surface area (Å²) in [7, 11) is 0. The van der Waals surface area contributed by atoms with E-state index in [0.29, 0.717) is 11.3 Å². The van der Waals surface area contributed by atoms with Crippen molar-refractivity contribution in [1.82, 2.24) is 0 Å². The molecule has 0 aromatic heterocycles. The Hall–Kier alpha value is -3.01. The van der Waals surface area contributed by atoms with E-state index < -0.39 is 16.6 Å². The van der Waals surface area contributed by atoms with E-state index in [1.807, 2.05) is 0 Å². The van der Waals surface area contributed by atoms with Gasteiger partial charge in [0.25, 0.3) is 5.69 Å². The molecular weight excluding hydrogens is 280 g/mol. The molecular formula is C14H9F2N3O2. The molecule has 0 spiro atoms. The monoisotopic (exact) mass is 289 g/mol. The highest BCUT2D eigenvalue weighted by Gasteiger charge is 2.13. The van der Waals surface area contributed by atoms with Crippen LogP contribution in [0.25, 0.3) is 0 Å². The highest BCUT2D eigenvalue weighted by Crippen LogP contribution is 2.22. The van der Waals surface area contributed by atoms with Gasteiger partial charge in [-0.2, -0.15) is 5.26 Å². The third-order valence-corrected chi connectivity index (χ3v) is 2.79. The van der Waals surface area contributed by atoms with Gasteiger partial charge in [0.15, 0.2) is 11.6 Å². The molecule has 0 bridgehead atoms. The molecule has 2 aromatic carbocycles. The highest BCUT2D eigenvalue weighted by atomic mass is 19.2. The van der Waals surface area contributed by atoms with Gasteiger partial charge in [0.05, 0.1) is 4.92 Å². The number of nitrogens with zero attached hydrogens (tertiary/aromatic N) is 2. The first-order chi connectivity index (χ1) is 10.0. The van der Waals surface area contributed by atoms with E-state index in [4.69, 9.17) is 5.26 Å². The summed E-state index contributed by atoms with van der Waals surface area (Å²) in [5.74, 6) is -1.88. The predicted molar refractivity (Wildman–Crippen MR) is 71.5 cm³/mol. The van der Waals surface area contributed by atoms with Gasteiger partial charge in [0.1, 0.15) is 11.6 Å². The second kappa shape index (κ2) is 5.96. The molecule has 0 saturated carbocycles. The number of nitrogens with one attached hydrogen (secondary N) is 1. The van der Waals surface area contributed by atoms with E-state index in [2.05, 4.69) is 5.32 Å². The van der Waals surface area contributed by atoms with Crippen LogP contribution in [0.2, 0.25) is 0 Å². The van der Waals surface area contributed by atoms with Crippen molar-refractivity contribution in [3.63, 3.8) is 0 Å². The van der Waals surface area contributed by atoms with Crippen LogP contribution in [-0.2, 0) is 6.54 Å². The van der Waals surface area contributed by atoms with E-state index >= 15 is 0 Å². The van der Waals surface area contributed by atoms with Crippen LogP contribution in [0.4, 0.5) is 20.2 Å². The smallest absolute Gasteiger partial charge is 0.287 e. The van der Waals surface area contributed by atoms with Crippen LogP contribution in [0.3, 0.4) is 0 Å². The third-order valence-electron chi connectivity index (χ3n) is 2.79. The standard InChI is InChI=1S/C14H9F2N3O2/c15-12-3-1-9(5-13(12)16)8-18-11-2-4-14(19(20)21)10(6-11)7-17/h1-6,18H,8H2. The minimum atomic E-state index is -0.948. The molecule has 0 fully saturated rings. The van der Waals surface area contributed by atoms with Crippen molar-refractivity contribution < 1.29 is 13.7 Å². The van der Waals surface area contributed by atoms with Gasteiger partial charge in [0.2, 0.25) is 0 Å². The van der Waals surface area contributed by atoms with Crippen molar-refractivity contribution >= 4 is 11.4 Å². The normalized spacial score (nSPS) is 9.95. The van der Waals surface area contributed by atoms with Crippen molar-refractivity contribution in [3.8, 4) is 6.07 Å². The van der Waals surface area contributed by atoms with Crippen LogP contribution in [0.15, 0.2) is 36.4 Å². The van der Waals surface area contributed by atoms with Crippen LogP contribution >= 0.6 is 0 Å². The van der Waals surface area contributed by atoms with E-state index in [-0.39, 0.29) is 17.8 Å². The van der Waals surface area contributed by atoms with E-state index in [1.54, 1.807) is 6.07 Å². The fraction of sp³-hybridized carbons (Fsp3) is 0.0714. The van der Waals surface area contributed by atoms with E-state index in [9.17, 15) is 18.9 Å². The van der Waals surface area contributed by atoms with E-state index in [1.165, 1.54) is 24.3 Å². The molecule has 0 atom stereocenters. The molecule has 0 amide bonds. The fourth-order valence-electron chi connectivity index (χ4n) is 1.75. The number of anilines is 1. The molecule has 0 aliphatic rings. The van der Waals surface area contributed by atoms with Crippen LogP contribution in [-0.4, -0.2) is 4.92 Å². The van der Waals surface area contributed by atoms with Crippen molar-refractivity contribution in [1.29, 1.82) is 5.26 Å². The molecule has 0 aliphatic carbocycles. The molecule has 0 unspecified atom stereocenters. The number of halogens is 2. The summed E-state index contributed by atoms with van der Waals surface area (Å²) in [6.45, 7) is 0.194.